The van der Waals surface area contributed by atoms with Gasteiger partial charge < -0.3 is 10.6 Å². The quantitative estimate of drug-likeness (QED) is 0.904. The van der Waals surface area contributed by atoms with Crippen LogP contribution in [0, 0.1) is 6.92 Å². The Bertz CT molecular complexity index is 458. The number of likely N-dealkylation sites (N-methyl/N-ethyl adjacent to an activating group) is 1. The summed E-state index contributed by atoms with van der Waals surface area (Å²) in [6, 6.07) is 7.78. The minimum absolute atomic E-state index is 0.264. The van der Waals surface area contributed by atoms with Gasteiger partial charge in [0.2, 0.25) is 0 Å². The summed E-state index contributed by atoms with van der Waals surface area (Å²) in [6.07, 6.45) is 3.23. The van der Waals surface area contributed by atoms with Crippen LogP contribution in [0.3, 0.4) is 0 Å². The minimum atomic E-state index is 0.264. The molecule has 118 valence electrons. The zero-order chi connectivity index (χ0) is 15.4. The fourth-order valence-corrected chi connectivity index (χ4v) is 3.22. The van der Waals surface area contributed by atoms with E-state index in [0.29, 0.717) is 6.04 Å². The van der Waals surface area contributed by atoms with E-state index in [9.17, 15) is 0 Å². The van der Waals surface area contributed by atoms with Gasteiger partial charge in [-0.2, -0.15) is 0 Å². The van der Waals surface area contributed by atoms with Crippen molar-refractivity contribution >= 4 is 5.69 Å². The molecule has 0 spiro atoms. The molecule has 21 heavy (non-hydrogen) atoms. The first-order chi connectivity index (χ1) is 10.0. The second-order valence-corrected chi connectivity index (χ2v) is 6.49. The first-order valence-electron chi connectivity index (χ1n) is 8.35. The van der Waals surface area contributed by atoms with Gasteiger partial charge >= 0.3 is 0 Å². The molecule has 0 saturated carbocycles. The third-order valence-corrected chi connectivity index (χ3v) is 4.83. The standard InChI is InChI=1S/C18H31N3/c1-5-16(19)12-15-11-14(3)7-8-18(15)21-10-9-20(4)17(6-2)13-21/h7-8,11,16-17H,5-6,9-10,12-13,19H2,1-4H3. The van der Waals surface area contributed by atoms with Crippen LogP contribution in [0.15, 0.2) is 18.2 Å². The zero-order valence-corrected chi connectivity index (χ0v) is 14.1. The van der Waals surface area contributed by atoms with Crippen molar-refractivity contribution in [2.24, 2.45) is 5.73 Å². The van der Waals surface area contributed by atoms with Gasteiger partial charge in [-0.1, -0.05) is 31.5 Å². The van der Waals surface area contributed by atoms with E-state index in [1.165, 1.54) is 23.2 Å². The molecule has 1 aromatic rings. The summed E-state index contributed by atoms with van der Waals surface area (Å²) in [5, 5.41) is 0. The van der Waals surface area contributed by atoms with Crippen molar-refractivity contribution in [3.63, 3.8) is 0 Å². The van der Waals surface area contributed by atoms with Crippen LogP contribution >= 0.6 is 0 Å². The number of nitrogens with two attached hydrogens (primary N) is 1. The lowest BCUT2D eigenvalue weighted by molar-refractivity contribution is 0.213. The Kier molecular flexibility index (Phi) is 5.65. The Labute approximate surface area is 130 Å². The molecule has 1 aliphatic rings. The highest BCUT2D eigenvalue weighted by Gasteiger charge is 2.24. The SMILES string of the molecule is CCC(N)Cc1cc(C)ccc1N1CCN(C)C(CC)C1. The van der Waals surface area contributed by atoms with Crippen LogP contribution in [-0.2, 0) is 6.42 Å². The molecule has 1 heterocycles. The molecule has 2 N–H and O–H groups in total. The number of anilines is 1. The van der Waals surface area contributed by atoms with Crippen molar-refractivity contribution < 1.29 is 0 Å². The molecule has 1 saturated heterocycles. The van der Waals surface area contributed by atoms with E-state index in [1.54, 1.807) is 0 Å². The highest BCUT2D eigenvalue weighted by Crippen LogP contribution is 2.26. The summed E-state index contributed by atoms with van der Waals surface area (Å²) >= 11 is 0. The molecule has 1 aromatic carbocycles. The van der Waals surface area contributed by atoms with Crippen molar-refractivity contribution in [2.45, 2.75) is 52.1 Å². The van der Waals surface area contributed by atoms with E-state index in [2.05, 4.69) is 55.8 Å². The molecule has 0 aromatic heterocycles. The predicted octanol–water partition coefficient (Wildman–Crippen LogP) is 2.81. The number of aryl methyl sites for hydroxylation is 1. The van der Waals surface area contributed by atoms with Crippen LogP contribution in [0.2, 0.25) is 0 Å². The van der Waals surface area contributed by atoms with Crippen LogP contribution in [0.4, 0.5) is 5.69 Å². The average molecular weight is 289 g/mol. The Morgan fingerprint density at radius 1 is 1.29 bits per heavy atom. The summed E-state index contributed by atoms with van der Waals surface area (Å²) in [5.74, 6) is 0. The molecule has 0 amide bonds. The summed E-state index contributed by atoms with van der Waals surface area (Å²) in [7, 11) is 2.24. The minimum Gasteiger partial charge on any atom is -0.368 e. The molecule has 1 aliphatic heterocycles. The van der Waals surface area contributed by atoms with E-state index >= 15 is 0 Å². The molecule has 0 aliphatic carbocycles. The monoisotopic (exact) mass is 289 g/mol. The summed E-state index contributed by atoms with van der Waals surface area (Å²) < 4.78 is 0. The van der Waals surface area contributed by atoms with Gasteiger partial charge in [0.1, 0.15) is 0 Å². The summed E-state index contributed by atoms with van der Waals surface area (Å²) in [5.41, 5.74) is 10.4. The maximum absolute atomic E-state index is 6.20. The first-order valence-corrected chi connectivity index (χ1v) is 8.35. The molecule has 0 bridgehead atoms. The van der Waals surface area contributed by atoms with Crippen molar-refractivity contribution in [1.29, 1.82) is 0 Å². The molecular formula is C18H31N3. The van der Waals surface area contributed by atoms with Crippen molar-refractivity contribution in [1.82, 2.24) is 4.90 Å². The lowest BCUT2D eigenvalue weighted by Gasteiger charge is -2.41. The highest BCUT2D eigenvalue weighted by atomic mass is 15.3. The fraction of sp³-hybridized carbons (Fsp3) is 0.667. The molecule has 3 heteroatoms. The third-order valence-electron chi connectivity index (χ3n) is 4.83. The lowest BCUT2D eigenvalue weighted by Crippen LogP contribution is -2.51. The van der Waals surface area contributed by atoms with E-state index < -0.39 is 0 Å². The number of nitrogens with zero attached hydrogens (tertiary/aromatic N) is 2. The van der Waals surface area contributed by atoms with Gasteiger partial charge in [-0.3, -0.25) is 4.90 Å². The van der Waals surface area contributed by atoms with E-state index in [4.69, 9.17) is 5.73 Å². The van der Waals surface area contributed by atoms with Gasteiger partial charge in [-0.15, -0.1) is 0 Å². The summed E-state index contributed by atoms with van der Waals surface area (Å²) in [4.78, 5) is 5.05. The number of benzene rings is 1. The topological polar surface area (TPSA) is 32.5 Å². The zero-order valence-electron chi connectivity index (χ0n) is 14.1. The molecule has 0 radical (unpaired) electrons. The summed E-state index contributed by atoms with van der Waals surface area (Å²) in [6.45, 7) is 10.0. The number of piperazine rings is 1. The van der Waals surface area contributed by atoms with E-state index in [1.807, 2.05) is 0 Å². The largest absolute Gasteiger partial charge is 0.368 e. The van der Waals surface area contributed by atoms with Gasteiger partial charge in [0.05, 0.1) is 0 Å². The predicted molar refractivity (Wildman–Crippen MR) is 92.1 cm³/mol. The van der Waals surface area contributed by atoms with Gasteiger partial charge in [0, 0.05) is 37.4 Å². The normalized spacial score (nSPS) is 21.6. The second-order valence-electron chi connectivity index (χ2n) is 6.49. The molecule has 1 fully saturated rings. The van der Waals surface area contributed by atoms with E-state index in [-0.39, 0.29) is 6.04 Å². The third kappa shape index (κ3) is 3.98. The van der Waals surface area contributed by atoms with Gasteiger partial charge in [0.15, 0.2) is 0 Å². The van der Waals surface area contributed by atoms with Crippen LogP contribution in [0.5, 0.6) is 0 Å². The van der Waals surface area contributed by atoms with Crippen LogP contribution in [0.1, 0.15) is 37.8 Å². The number of hydrogen-bond acceptors (Lipinski definition) is 3. The average Bonchev–Trinajstić information content (AvgIpc) is 2.48. The van der Waals surface area contributed by atoms with Gasteiger partial charge in [-0.25, -0.2) is 0 Å². The van der Waals surface area contributed by atoms with E-state index in [0.717, 1.165) is 32.5 Å². The Morgan fingerprint density at radius 2 is 2.05 bits per heavy atom. The first kappa shape index (κ1) is 16.3. The maximum atomic E-state index is 6.20. The lowest BCUT2D eigenvalue weighted by atomic mass is 9.99. The van der Waals surface area contributed by atoms with Crippen LogP contribution < -0.4 is 10.6 Å². The van der Waals surface area contributed by atoms with Gasteiger partial charge in [-0.05, 0) is 44.9 Å². The van der Waals surface area contributed by atoms with Crippen molar-refractivity contribution in [3.05, 3.63) is 29.3 Å². The Morgan fingerprint density at radius 3 is 2.71 bits per heavy atom. The molecule has 2 atom stereocenters. The highest BCUT2D eigenvalue weighted by molar-refractivity contribution is 5.56. The Balaban J connectivity index is 2.22. The fourth-order valence-electron chi connectivity index (χ4n) is 3.22. The van der Waals surface area contributed by atoms with Crippen molar-refractivity contribution in [2.75, 3.05) is 31.6 Å². The van der Waals surface area contributed by atoms with Gasteiger partial charge in [0.25, 0.3) is 0 Å². The van der Waals surface area contributed by atoms with Crippen LogP contribution in [0.25, 0.3) is 0 Å². The second kappa shape index (κ2) is 7.28. The smallest absolute Gasteiger partial charge is 0.0400 e. The number of hydrogen-bond donors (Lipinski definition) is 1. The number of rotatable bonds is 5. The molecular weight excluding hydrogens is 258 g/mol. The molecule has 2 rings (SSSR count). The Hall–Kier alpha value is -1.06. The van der Waals surface area contributed by atoms with Crippen LogP contribution in [-0.4, -0.2) is 43.7 Å². The molecule has 2 unspecified atom stereocenters. The van der Waals surface area contributed by atoms with Crippen molar-refractivity contribution in [3.8, 4) is 0 Å². The molecule has 3 nitrogen and oxygen atoms in total. The maximum Gasteiger partial charge on any atom is 0.0400 e.